The third kappa shape index (κ3) is 4.72. The highest BCUT2D eigenvalue weighted by molar-refractivity contribution is 7.94. The van der Waals surface area contributed by atoms with E-state index in [9.17, 15) is 10.1 Å². The summed E-state index contributed by atoms with van der Waals surface area (Å²) in [7, 11) is 1.57. The van der Waals surface area contributed by atoms with Gasteiger partial charge in [0.1, 0.15) is 5.69 Å². The molecule has 10 heteroatoms. The molecule has 0 aliphatic heterocycles. The van der Waals surface area contributed by atoms with Crippen LogP contribution in [0, 0.1) is 10.1 Å². The molecule has 2 N–H and O–H groups in total. The second kappa shape index (κ2) is 8.19. The lowest BCUT2D eigenvalue weighted by Gasteiger charge is -2.08. The van der Waals surface area contributed by atoms with Crippen LogP contribution in [-0.2, 0) is 9.37 Å². The third-order valence-electron chi connectivity index (χ3n) is 2.69. The number of nitrogens with one attached hydrogen (secondary N) is 1. The van der Waals surface area contributed by atoms with Crippen molar-refractivity contribution in [3.8, 4) is 0 Å². The van der Waals surface area contributed by atoms with E-state index in [0.717, 1.165) is 0 Å². The Kier molecular flexibility index (Phi) is 6.00. The Labute approximate surface area is 135 Å². The molecule has 2 rings (SSSR count). The maximum atomic E-state index is 11.2. The van der Waals surface area contributed by atoms with Gasteiger partial charge in [-0.15, -0.1) is 4.33 Å². The molecule has 0 heterocycles. The summed E-state index contributed by atoms with van der Waals surface area (Å²) in [6.07, 6.45) is 0. The van der Waals surface area contributed by atoms with Crippen LogP contribution in [-0.4, -0.2) is 17.2 Å². The number of rotatable bonds is 7. The van der Waals surface area contributed by atoms with Crippen LogP contribution in [0.1, 0.15) is 0 Å². The summed E-state index contributed by atoms with van der Waals surface area (Å²) in [5.41, 5.74) is 1.52. The van der Waals surface area contributed by atoms with Crippen molar-refractivity contribution in [2.45, 2.75) is 4.90 Å². The smallest absolute Gasteiger partial charge is 0.293 e. The van der Waals surface area contributed by atoms with Gasteiger partial charge in [0, 0.05) is 23.7 Å². The molecule has 0 fully saturated rings. The van der Waals surface area contributed by atoms with Crippen molar-refractivity contribution in [3.05, 3.63) is 52.6 Å². The van der Waals surface area contributed by atoms with Crippen LogP contribution >= 0.6 is 12.0 Å². The van der Waals surface area contributed by atoms with Crippen molar-refractivity contribution in [2.24, 2.45) is 10.2 Å². The zero-order chi connectivity index (χ0) is 16.7. The van der Waals surface area contributed by atoms with Gasteiger partial charge in [-0.05, 0) is 36.4 Å². The highest BCUT2D eigenvalue weighted by Gasteiger charge is 2.15. The number of azo groups is 1. The Morgan fingerprint density at radius 2 is 2.00 bits per heavy atom. The fourth-order valence-corrected chi connectivity index (χ4v) is 2.15. The van der Waals surface area contributed by atoms with E-state index in [1.807, 2.05) is 0 Å². The first-order valence-electron chi connectivity index (χ1n) is 6.24. The van der Waals surface area contributed by atoms with E-state index in [-0.39, 0.29) is 5.69 Å². The fraction of sp³-hybridized carbons (Fsp3) is 0.0769. The molecule has 0 bridgehead atoms. The number of anilines is 2. The Morgan fingerprint density at radius 1 is 1.26 bits per heavy atom. The van der Waals surface area contributed by atoms with Crippen molar-refractivity contribution in [1.29, 1.82) is 0 Å². The number of nitro groups is 1. The zero-order valence-electron chi connectivity index (χ0n) is 11.9. The van der Waals surface area contributed by atoms with E-state index < -0.39 is 4.92 Å². The van der Waals surface area contributed by atoms with Gasteiger partial charge in [0.15, 0.2) is 0 Å². The highest BCUT2D eigenvalue weighted by Crippen LogP contribution is 2.33. The van der Waals surface area contributed by atoms with Crippen molar-refractivity contribution >= 4 is 34.8 Å². The van der Waals surface area contributed by atoms with Gasteiger partial charge in [0.05, 0.1) is 22.7 Å². The third-order valence-corrected chi connectivity index (χ3v) is 3.26. The van der Waals surface area contributed by atoms with Crippen LogP contribution in [0.5, 0.6) is 0 Å². The fourth-order valence-electron chi connectivity index (χ4n) is 1.76. The lowest BCUT2D eigenvalue weighted by atomic mass is 10.2. The first kappa shape index (κ1) is 16.8. The molecule has 0 aliphatic rings. The van der Waals surface area contributed by atoms with Gasteiger partial charge in [-0.25, -0.2) is 5.26 Å². The van der Waals surface area contributed by atoms with Crippen molar-refractivity contribution in [2.75, 3.05) is 12.4 Å². The van der Waals surface area contributed by atoms with Gasteiger partial charge < -0.3 is 5.32 Å². The molecule has 0 atom stereocenters. The van der Waals surface area contributed by atoms with Crippen LogP contribution in [0.15, 0.2) is 57.6 Å². The summed E-state index contributed by atoms with van der Waals surface area (Å²) in [6, 6.07) is 11.3. The number of hydrogen-bond acceptors (Lipinski definition) is 9. The van der Waals surface area contributed by atoms with Gasteiger partial charge in [0.25, 0.3) is 5.69 Å². The summed E-state index contributed by atoms with van der Waals surface area (Å²) in [5.74, 6) is 0. The van der Waals surface area contributed by atoms with Gasteiger partial charge in [0.2, 0.25) is 0 Å². The minimum Gasteiger partial charge on any atom is -0.350 e. The second-order valence-electron chi connectivity index (χ2n) is 4.13. The molecule has 0 spiro atoms. The summed E-state index contributed by atoms with van der Waals surface area (Å²) in [5, 5.41) is 33.3. The van der Waals surface area contributed by atoms with Crippen LogP contribution in [0.3, 0.4) is 0 Å². The van der Waals surface area contributed by atoms with Crippen molar-refractivity contribution < 1.29 is 19.6 Å². The van der Waals surface area contributed by atoms with E-state index in [2.05, 4.69) is 24.9 Å². The average Bonchev–Trinajstić information content (AvgIpc) is 2.55. The normalized spacial score (nSPS) is 10.9. The molecule has 0 aromatic heterocycles. The van der Waals surface area contributed by atoms with Crippen LogP contribution in [0.2, 0.25) is 0 Å². The molecule has 0 unspecified atom stereocenters. The van der Waals surface area contributed by atoms with E-state index in [1.165, 1.54) is 12.1 Å². The second-order valence-corrected chi connectivity index (χ2v) is 4.91. The van der Waals surface area contributed by atoms with Gasteiger partial charge in [-0.1, -0.05) is 5.04 Å². The number of hydrogen-bond donors (Lipinski definition) is 2. The van der Waals surface area contributed by atoms with E-state index in [0.29, 0.717) is 34.0 Å². The topological polar surface area (TPSA) is 119 Å². The van der Waals surface area contributed by atoms with Gasteiger partial charge >= 0.3 is 0 Å². The molecule has 0 saturated heterocycles. The number of benzene rings is 2. The first-order chi connectivity index (χ1) is 11.1. The molecule has 2 aromatic carbocycles. The lowest BCUT2D eigenvalue weighted by molar-refractivity contribution is -0.432. The first-order valence-corrected chi connectivity index (χ1v) is 6.98. The SMILES string of the molecule is C/N=N/c1ccc(Nc2ccc(SOOO)cc2[N+](=O)[O-])cc1. The Balaban J connectivity index is 2.22. The minimum absolute atomic E-state index is 0.145. The molecule has 23 heavy (non-hydrogen) atoms. The zero-order valence-corrected chi connectivity index (χ0v) is 12.7. The molecule has 0 aliphatic carbocycles. The highest BCUT2D eigenvalue weighted by atomic mass is 32.2. The summed E-state index contributed by atoms with van der Waals surface area (Å²) >= 11 is 0.647. The molecular formula is C13H12N4O5S. The summed E-state index contributed by atoms with van der Waals surface area (Å²) in [4.78, 5) is 11.1. The number of nitrogens with zero attached hydrogens (tertiary/aromatic N) is 3. The largest absolute Gasteiger partial charge is 0.350 e. The molecule has 2 aromatic rings. The number of nitro benzene ring substituents is 1. The summed E-state index contributed by atoms with van der Waals surface area (Å²) in [6.45, 7) is 0. The van der Waals surface area contributed by atoms with Gasteiger partial charge in [-0.2, -0.15) is 10.2 Å². The van der Waals surface area contributed by atoms with E-state index in [4.69, 9.17) is 5.26 Å². The molecule has 0 saturated carbocycles. The lowest BCUT2D eigenvalue weighted by Crippen LogP contribution is -1.97. The molecule has 0 radical (unpaired) electrons. The quantitative estimate of drug-likeness (QED) is 0.251. The summed E-state index contributed by atoms with van der Waals surface area (Å²) < 4.78 is 4.26. The van der Waals surface area contributed by atoms with Gasteiger partial charge in [-0.3, -0.25) is 10.1 Å². The predicted octanol–water partition coefficient (Wildman–Crippen LogP) is 4.48. The Morgan fingerprint density at radius 3 is 2.61 bits per heavy atom. The van der Waals surface area contributed by atoms with E-state index >= 15 is 0 Å². The van der Waals surface area contributed by atoms with Crippen LogP contribution in [0.4, 0.5) is 22.7 Å². The molecule has 9 nitrogen and oxygen atoms in total. The molecule has 120 valence electrons. The van der Waals surface area contributed by atoms with Crippen molar-refractivity contribution in [1.82, 2.24) is 0 Å². The van der Waals surface area contributed by atoms with Crippen LogP contribution < -0.4 is 5.32 Å². The minimum atomic E-state index is -0.522. The maximum absolute atomic E-state index is 11.2. The Hall–Kier alpha value is -2.53. The van der Waals surface area contributed by atoms with E-state index in [1.54, 1.807) is 37.4 Å². The monoisotopic (exact) mass is 336 g/mol. The predicted molar refractivity (Wildman–Crippen MR) is 83.9 cm³/mol. The Bertz CT molecular complexity index is 708. The maximum Gasteiger partial charge on any atom is 0.293 e. The molecule has 0 amide bonds. The molecular weight excluding hydrogens is 324 g/mol. The average molecular weight is 336 g/mol. The van der Waals surface area contributed by atoms with Crippen LogP contribution in [0.25, 0.3) is 0 Å². The standard InChI is InChI=1S/C13H12N4O5S/c1-14-16-10-4-2-9(3-5-10)15-12-7-6-11(23-22-21-20)8-13(12)17(18)19/h2-8,15,20H,1H3/b16-14+. The van der Waals surface area contributed by atoms with Crippen molar-refractivity contribution in [3.63, 3.8) is 0 Å².